The van der Waals surface area contributed by atoms with Gasteiger partial charge in [0.25, 0.3) is 0 Å². The van der Waals surface area contributed by atoms with Crippen molar-refractivity contribution in [2.45, 2.75) is 25.3 Å². The summed E-state index contributed by atoms with van der Waals surface area (Å²) in [4.78, 5) is 13.1. The Balaban J connectivity index is 1.79. The highest BCUT2D eigenvalue weighted by atomic mass is 35.5. The number of nitrogens with zero attached hydrogens (tertiary/aromatic N) is 4. The van der Waals surface area contributed by atoms with Crippen LogP contribution >= 0.6 is 11.6 Å². The summed E-state index contributed by atoms with van der Waals surface area (Å²) in [6.07, 6.45) is 3.26. The summed E-state index contributed by atoms with van der Waals surface area (Å²) in [6.45, 7) is 3.47. The van der Waals surface area contributed by atoms with Crippen molar-refractivity contribution in [1.82, 2.24) is 19.5 Å². The first-order chi connectivity index (χ1) is 12.5. The monoisotopic (exact) mass is 376 g/mol. The molecule has 0 bridgehead atoms. The normalized spacial score (nSPS) is 16.7. The molecule has 26 heavy (non-hydrogen) atoms. The number of hydrogen-bond acceptors (Lipinski definition) is 6. The van der Waals surface area contributed by atoms with Gasteiger partial charge in [-0.25, -0.2) is 14.4 Å². The first-order valence-electron chi connectivity index (χ1n) is 8.27. The number of nitrogens with two attached hydrogens (primary N) is 1. The van der Waals surface area contributed by atoms with Crippen LogP contribution in [0.3, 0.4) is 0 Å². The number of fused-ring (bicyclic) bond motifs is 1. The van der Waals surface area contributed by atoms with Crippen molar-refractivity contribution < 1.29 is 9.13 Å². The van der Waals surface area contributed by atoms with E-state index in [0.717, 1.165) is 12.8 Å². The van der Waals surface area contributed by atoms with Crippen molar-refractivity contribution in [3.8, 4) is 5.69 Å². The molecule has 0 unspecified atom stereocenters. The molecule has 1 aromatic carbocycles. The van der Waals surface area contributed by atoms with Gasteiger partial charge in [0, 0.05) is 23.8 Å². The van der Waals surface area contributed by atoms with E-state index >= 15 is 0 Å². The van der Waals surface area contributed by atoms with Gasteiger partial charge >= 0.3 is 0 Å². The molecule has 2 aromatic heterocycles. The van der Waals surface area contributed by atoms with Gasteiger partial charge in [-0.3, -0.25) is 4.57 Å². The molecule has 3 N–H and O–H groups in total. The highest BCUT2D eigenvalue weighted by Crippen LogP contribution is 2.28. The summed E-state index contributed by atoms with van der Waals surface area (Å²) >= 11 is 6.02. The standard InChI is InChI=1S/C17H18ClFN6O/c1-17(4-6-26-7-5-17)24-16-21-9-12-14(23-16)25(15(20)22-12)13-8-10(18)2-3-11(13)19/h2-3,8-9H,4-7H2,1H3,(H2,20,22)(H,21,23,24). The largest absolute Gasteiger partial charge is 0.381 e. The van der Waals surface area contributed by atoms with Gasteiger partial charge in [0.15, 0.2) is 5.65 Å². The summed E-state index contributed by atoms with van der Waals surface area (Å²) in [5, 5.41) is 3.75. The quantitative estimate of drug-likeness (QED) is 0.729. The van der Waals surface area contributed by atoms with Crippen LogP contribution in [0, 0.1) is 5.82 Å². The maximum atomic E-state index is 14.3. The van der Waals surface area contributed by atoms with Gasteiger partial charge in [-0.2, -0.15) is 4.98 Å². The SMILES string of the molecule is CC1(Nc2ncc3nc(N)n(-c4cc(Cl)ccc4F)c3n2)CCOCC1. The summed E-state index contributed by atoms with van der Waals surface area (Å²) in [5.74, 6) is 0.0836. The van der Waals surface area contributed by atoms with E-state index < -0.39 is 5.82 Å². The lowest BCUT2D eigenvalue weighted by atomic mass is 9.93. The van der Waals surface area contributed by atoms with Crippen LogP contribution in [0.15, 0.2) is 24.4 Å². The van der Waals surface area contributed by atoms with Crippen LogP contribution in [-0.4, -0.2) is 38.3 Å². The zero-order chi connectivity index (χ0) is 18.3. The van der Waals surface area contributed by atoms with Gasteiger partial charge in [0.1, 0.15) is 11.3 Å². The second-order valence-electron chi connectivity index (χ2n) is 6.60. The minimum Gasteiger partial charge on any atom is -0.381 e. The molecule has 1 fully saturated rings. The highest BCUT2D eigenvalue weighted by Gasteiger charge is 2.28. The third kappa shape index (κ3) is 3.06. The van der Waals surface area contributed by atoms with Gasteiger partial charge in [-0.1, -0.05) is 11.6 Å². The molecule has 1 saturated heterocycles. The second-order valence-corrected chi connectivity index (χ2v) is 7.04. The number of aromatic nitrogens is 4. The Morgan fingerprint density at radius 2 is 2.08 bits per heavy atom. The fourth-order valence-corrected chi connectivity index (χ4v) is 3.23. The molecule has 136 valence electrons. The summed E-state index contributed by atoms with van der Waals surface area (Å²) < 4.78 is 21.2. The zero-order valence-corrected chi connectivity index (χ0v) is 14.9. The number of nitrogens with one attached hydrogen (secondary N) is 1. The van der Waals surface area contributed by atoms with Crippen molar-refractivity contribution in [3.05, 3.63) is 35.2 Å². The number of anilines is 2. The Hall–Kier alpha value is -2.45. The molecule has 9 heteroatoms. The van der Waals surface area contributed by atoms with E-state index in [9.17, 15) is 4.39 Å². The van der Waals surface area contributed by atoms with E-state index in [1.165, 1.54) is 22.8 Å². The number of halogens is 2. The lowest BCUT2D eigenvalue weighted by Crippen LogP contribution is -2.41. The van der Waals surface area contributed by atoms with Crippen LogP contribution in [0.25, 0.3) is 16.9 Å². The topological polar surface area (TPSA) is 90.9 Å². The lowest BCUT2D eigenvalue weighted by Gasteiger charge is -2.34. The van der Waals surface area contributed by atoms with Gasteiger partial charge in [-0.05, 0) is 38.0 Å². The average molecular weight is 377 g/mol. The third-order valence-electron chi connectivity index (χ3n) is 4.58. The molecule has 1 aliphatic heterocycles. The van der Waals surface area contributed by atoms with E-state index in [1.54, 1.807) is 6.20 Å². The molecule has 0 saturated carbocycles. The van der Waals surface area contributed by atoms with E-state index in [-0.39, 0.29) is 17.2 Å². The Morgan fingerprint density at radius 3 is 2.85 bits per heavy atom. The number of benzene rings is 1. The number of hydrogen-bond donors (Lipinski definition) is 2. The molecule has 7 nitrogen and oxygen atoms in total. The van der Waals surface area contributed by atoms with Crippen LogP contribution in [-0.2, 0) is 4.74 Å². The molecule has 0 aliphatic carbocycles. The fraction of sp³-hybridized carbons (Fsp3) is 0.353. The molecule has 3 heterocycles. The van der Waals surface area contributed by atoms with E-state index in [1.807, 2.05) is 0 Å². The molecule has 0 amide bonds. The summed E-state index contributed by atoms with van der Waals surface area (Å²) in [5.41, 5.74) is 6.92. The maximum Gasteiger partial charge on any atom is 0.225 e. The van der Waals surface area contributed by atoms with Crippen molar-refractivity contribution in [3.63, 3.8) is 0 Å². The number of ether oxygens (including phenoxy) is 1. The van der Waals surface area contributed by atoms with Crippen LogP contribution in [0.1, 0.15) is 19.8 Å². The number of nitrogen functional groups attached to an aromatic ring is 1. The third-order valence-corrected chi connectivity index (χ3v) is 4.82. The molecular weight excluding hydrogens is 359 g/mol. The van der Waals surface area contributed by atoms with Crippen LogP contribution in [0.5, 0.6) is 0 Å². The number of imidazole rings is 1. The van der Waals surface area contributed by atoms with Crippen LogP contribution in [0.4, 0.5) is 16.3 Å². The predicted molar refractivity (Wildman–Crippen MR) is 98.1 cm³/mol. The van der Waals surface area contributed by atoms with Gasteiger partial charge in [0.05, 0.1) is 11.9 Å². The summed E-state index contributed by atoms with van der Waals surface area (Å²) in [6, 6.07) is 4.25. The second kappa shape index (κ2) is 6.37. The first kappa shape index (κ1) is 17.0. The zero-order valence-electron chi connectivity index (χ0n) is 14.2. The van der Waals surface area contributed by atoms with Crippen molar-refractivity contribution in [2.24, 2.45) is 0 Å². The maximum absolute atomic E-state index is 14.3. The van der Waals surface area contributed by atoms with Crippen molar-refractivity contribution >= 4 is 34.7 Å². The minimum atomic E-state index is -0.468. The fourth-order valence-electron chi connectivity index (χ4n) is 3.06. The molecular formula is C17H18ClFN6O. The van der Waals surface area contributed by atoms with Gasteiger partial charge in [0.2, 0.25) is 11.9 Å². The van der Waals surface area contributed by atoms with Crippen LogP contribution < -0.4 is 11.1 Å². The van der Waals surface area contributed by atoms with E-state index in [4.69, 9.17) is 22.1 Å². The Kier molecular flexibility index (Phi) is 4.16. The van der Waals surface area contributed by atoms with Gasteiger partial charge < -0.3 is 15.8 Å². The van der Waals surface area contributed by atoms with E-state index in [2.05, 4.69) is 27.2 Å². The molecule has 3 aromatic rings. The Bertz CT molecular complexity index is 969. The van der Waals surface area contributed by atoms with Gasteiger partial charge in [-0.15, -0.1) is 0 Å². The summed E-state index contributed by atoms with van der Waals surface area (Å²) in [7, 11) is 0. The first-order valence-corrected chi connectivity index (χ1v) is 8.65. The molecule has 0 radical (unpaired) electrons. The lowest BCUT2D eigenvalue weighted by molar-refractivity contribution is 0.0656. The molecule has 1 aliphatic rings. The highest BCUT2D eigenvalue weighted by molar-refractivity contribution is 6.30. The molecule has 0 spiro atoms. The Morgan fingerprint density at radius 1 is 1.31 bits per heavy atom. The van der Waals surface area contributed by atoms with E-state index in [0.29, 0.717) is 35.3 Å². The minimum absolute atomic E-state index is 0.116. The average Bonchev–Trinajstić information content (AvgIpc) is 2.92. The Labute approximate surface area is 154 Å². The van der Waals surface area contributed by atoms with Crippen LogP contribution in [0.2, 0.25) is 5.02 Å². The van der Waals surface area contributed by atoms with Crippen molar-refractivity contribution in [2.75, 3.05) is 24.3 Å². The smallest absolute Gasteiger partial charge is 0.225 e. The van der Waals surface area contributed by atoms with Crippen molar-refractivity contribution in [1.29, 1.82) is 0 Å². The number of rotatable bonds is 3. The predicted octanol–water partition coefficient (Wildman–Crippen LogP) is 3.17. The molecule has 0 atom stereocenters. The molecule has 4 rings (SSSR count).